The Morgan fingerprint density at radius 1 is 0.842 bits per heavy atom. The molecule has 0 amide bonds. The zero-order valence-electron chi connectivity index (χ0n) is 11.9. The third-order valence-electron chi connectivity index (χ3n) is 4.83. The molecule has 1 heterocycles. The standard InChI is InChI=1S/C18H25N/c1-2-4-10-15(9-3-1)16-11-5-6-12-17(16)18-13-7-8-14-19-18/h7-8,13-15H,1-6,9-12H2. The minimum absolute atomic E-state index is 0.861. The molecule has 19 heavy (non-hydrogen) atoms. The summed E-state index contributed by atoms with van der Waals surface area (Å²) in [6.07, 6.45) is 15.9. The highest BCUT2D eigenvalue weighted by molar-refractivity contribution is 5.67. The summed E-state index contributed by atoms with van der Waals surface area (Å²) in [4.78, 5) is 4.61. The number of hydrogen-bond acceptors (Lipinski definition) is 1. The van der Waals surface area contributed by atoms with E-state index in [1.54, 1.807) is 11.1 Å². The molecular formula is C18H25N. The van der Waals surface area contributed by atoms with Crippen molar-refractivity contribution < 1.29 is 0 Å². The van der Waals surface area contributed by atoms with Crippen LogP contribution in [0.1, 0.15) is 69.9 Å². The Morgan fingerprint density at radius 2 is 1.63 bits per heavy atom. The molecule has 2 aliphatic rings. The van der Waals surface area contributed by atoms with E-state index in [0.29, 0.717) is 0 Å². The summed E-state index contributed by atoms with van der Waals surface area (Å²) in [7, 11) is 0. The fourth-order valence-corrected chi connectivity index (χ4v) is 3.84. The maximum Gasteiger partial charge on any atom is 0.0661 e. The maximum atomic E-state index is 4.61. The molecule has 1 fully saturated rings. The van der Waals surface area contributed by atoms with Gasteiger partial charge in [-0.1, -0.05) is 37.3 Å². The summed E-state index contributed by atoms with van der Waals surface area (Å²) in [6.45, 7) is 0. The third kappa shape index (κ3) is 3.08. The Hall–Kier alpha value is -1.11. The lowest BCUT2D eigenvalue weighted by Gasteiger charge is -2.26. The van der Waals surface area contributed by atoms with E-state index >= 15 is 0 Å². The van der Waals surface area contributed by atoms with Crippen molar-refractivity contribution >= 4 is 5.57 Å². The van der Waals surface area contributed by atoms with Crippen LogP contribution in [0, 0.1) is 5.92 Å². The van der Waals surface area contributed by atoms with Crippen LogP contribution in [-0.4, -0.2) is 4.98 Å². The lowest BCUT2D eigenvalue weighted by molar-refractivity contribution is 0.496. The Kier molecular flexibility index (Phi) is 4.32. The van der Waals surface area contributed by atoms with E-state index < -0.39 is 0 Å². The summed E-state index contributed by atoms with van der Waals surface area (Å²) < 4.78 is 0. The number of allylic oxidation sites excluding steroid dienone is 2. The lowest BCUT2D eigenvalue weighted by Crippen LogP contribution is -2.10. The van der Waals surface area contributed by atoms with Gasteiger partial charge in [0.15, 0.2) is 0 Å². The molecule has 0 bridgehead atoms. The van der Waals surface area contributed by atoms with Gasteiger partial charge in [0.1, 0.15) is 0 Å². The Morgan fingerprint density at radius 3 is 2.37 bits per heavy atom. The van der Waals surface area contributed by atoms with E-state index in [9.17, 15) is 0 Å². The lowest BCUT2D eigenvalue weighted by atomic mass is 9.79. The van der Waals surface area contributed by atoms with E-state index in [1.807, 2.05) is 12.3 Å². The van der Waals surface area contributed by atoms with Crippen LogP contribution >= 0.6 is 0 Å². The number of nitrogens with zero attached hydrogens (tertiary/aromatic N) is 1. The summed E-state index contributed by atoms with van der Waals surface area (Å²) >= 11 is 0. The van der Waals surface area contributed by atoms with Gasteiger partial charge in [-0.3, -0.25) is 4.98 Å². The quantitative estimate of drug-likeness (QED) is 0.646. The second-order valence-electron chi connectivity index (χ2n) is 6.11. The summed E-state index contributed by atoms with van der Waals surface area (Å²) in [6, 6.07) is 6.37. The van der Waals surface area contributed by atoms with Gasteiger partial charge in [-0.2, -0.15) is 0 Å². The SMILES string of the molecule is c1ccc(C2=C(C3CCCCCC3)CCCC2)nc1. The van der Waals surface area contributed by atoms with Crippen LogP contribution in [0.4, 0.5) is 0 Å². The van der Waals surface area contributed by atoms with Crippen molar-refractivity contribution in [1.82, 2.24) is 4.98 Å². The normalized spacial score (nSPS) is 22.3. The number of aromatic nitrogens is 1. The van der Waals surface area contributed by atoms with Crippen LogP contribution < -0.4 is 0 Å². The van der Waals surface area contributed by atoms with Gasteiger partial charge in [-0.05, 0) is 62.1 Å². The topological polar surface area (TPSA) is 12.9 Å². The summed E-state index contributed by atoms with van der Waals surface area (Å²) in [5.41, 5.74) is 4.62. The Balaban J connectivity index is 1.91. The molecule has 2 aliphatic carbocycles. The first-order chi connectivity index (χ1) is 9.45. The molecule has 0 N–H and O–H groups in total. The van der Waals surface area contributed by atoms with Gasteiger partial charge in [0.05, 0.1) is 5.69 Å². The van der Waals surface area contributed by atoms with Gasteiger partial charge in [-0.25, -0.2) is 0 Å². The van der Waals surface area contributed by atoms with Crippen molar-refractivity contribution in [2.75, 3.05) is 0 Å². The Bertz CT molecular complexity index is 424. The first kappa shape index (κ1) is 12.9. The van der Waals surface area contributed by atoms with Crippen LogP contribution in [0.15, 0.2) is 30.0 Å². The second-order valence-corrected chi connectivity index (χ2v) is 6.11. The number of rotatable bonds is 2. The molecule has 0 aromatic carbocycles. The summed E-state index contributed by atoms with van der Waals surface area (Å²) in [5, 5.41) is 0. The van der Waals surface area contributed by atoms with Crippen molar-refractivity contribution in [1.29, 1.82) is 0 Å². The minimum Gasteiger partial charge on any atom is -0.257 e. The van der Waals surface area contributed by atoms with E-state index in [4.69, 9.17) is 0 Å². The molecule has 1 aromatic heterocycles. The minimum atomic E-state index is 0.861. The predicted molar refractivity (Wildman–Crippen MR) is 80.8 cm³/mol. The zero-order valence-corrected chi connectivity index (χ0v) is 11.9. The molecule has 0 atom stereocenters. The van der Waals surface area contributed by atoms with Crippen molar-refractivity contribution in [3.63, 3.8) is 0 Å². The van der Waals surface area contributed by atoms with Gasteiger partial charge in [0.2, 0.25) is 0 Å². The first-order valence-corrected chi connectivity index (χ1v) is 8.08. The molecule has 1 heteroatoms. The monoisotopic (exact) mass is 255 g/mol. The van der Waals surface area contributed by atoms with E-state index in [1.165, 1.54) is 69.9 Å². The van der Waals surface area contributed by atoms with Crippen molar-refractivity contribution in [2.45, 2.75) is 64.2 Å². The average molecular weight is 255 g/mol. The molecule has 1 saturated carbocycles. The Labute approximate surface area is 117 Å². The summed E-state index contributed by atoms with van der Waals surface area (Å²) in [5.74, 6) is 0.861. The van der Waals surface area contributed by atoms with Gasteiger partial charge in [-0.15, -0.1) is 0 Å². The number of pyridine rings is 1. The number of hydrogen-bond donors (Lipinski definition) is 0. The largest absolute Gasteiger partial charge is 0.257 e. The smallest absolute Gasteiger partial charge is 0.0661 e. The van der Waals surface area contributed by atoms with E-state index in [-0.39, 0.29) is 0 Å². The predicted octanol–water partition coefficient (Wildman–Crippen LogP) is 5.38. The molecule has 0 unspecified atom stereocenters. The maximum absolute atomic E-state index is 4.61. The molecular weight excluding hydrogens is 230 g/mol. The third-order valence-corrected chi connectivity index (χ3v) is 4.83. The van der Waals surface area contributed by atoms with Crippen molar-refractivity contribution in [3.05, 3.63) is 35.7 Å². The van der Waals surface area contributed by atoms with Gasteiger partial charge < -0.3 is 0 Å². The van der Waals surface area contributed by atoms with Crippen LogP contribution in [0.5, 0.6) is 0 Å². The molecule has 0 radical (unpaired) electrons. The molecule has 0 aliphatic heterocycles. The first-order valence-electron chi connectivity index (χ1n) is 8.08. The van der Waals surface area contributed by atoms with Crippen molar-refractivity contribution in [3.8, 4) is 0 Å². The molecule has 0 spiro atoms. The second kappa shape index (κ2) is 6.36. The molecule has 0 saturated heterocycles. The van der Waals surface area contributed by atoms with Crippen LogP contribution in [0.2, 0.25) is 0 Å². The molecule has 1 aromatic rings. The fraction of sp³-hybridized carbons (Fsp3) is 0.611. The van der Waals surface area contributed by atoms with Crippen LogP contribution in [0.25, 0.3) is 5.57 Å². The molecule has 3 rings (SSSR count). The molecule has 1 nitrogen and oxygen atoms in total. The van der Waals surface area contributed by atoms with Crippen LogP contribution in [-0.2, 0) is 0 Å². The highest BCUT2D eigenvalue weighted by atomic mass is 14.7. The highest BCUT2D eigenvalue weighted by Crippen LogP contribution is 2.40. The van der Waals surface area contributed by atoms with Crippen molar-refractivity contribution in [2.24, 2.45) is 5.92 Å². The molecule has 102 valence electrons. The fourth-order valence-electron chi connectivity index (χ4n) is 3.84. The zero-order chi connectivity index (χ0) is 12.9. The average Bonchev–Trinajstić information content (AvgIpc) is 2.77. The van der Waals surface area contributed by atoms with Gasteiger partial charge in [0.25, 0.3) is 0 Å². The van der Waals surface area contributed by atoms with Gasteiger partial charge in [0, 0.05) is 6.20 Å². The highest BCUT2D eigenvalue weighted by Gasteiger charge is 2.23. The van der Waals surface area contributed by atoms with Crippen LogP contribution in [0.3, 0.4) is 0 Å². The van der Waals surface area contributed by atoms with E-state index in [0.717, 1.165) is 5.92 Å². The van der Waals surface area contributed by atoms with Gasteiger partial charge >= 0.3 is 0 Å². The van der Waals surface area contributed by atoms with E-state index in [2.05, 4.69) is 17.1 Å².